The van der Waals surface area contributed by atoms with Gasteiger partial charge in [-0.1, -0.05) is 0 Å². The van der Waals surface area contributed by atoms with Crippen LogP contribution in [0.15, 0.2) is 30.4 Å². The number of nitrogens with zero attached hydrogens (tertiary/aromatic N) is 1. The van der Waals surface area contributed by atoms with E-state index in [1.165, 1.54) is 7.11 Å². The van der Waals surface area contributed by atoms with Gasteiger partial charge in [-0.15, -0.1) is 0 Å². The van der Waals surface area contributed by atoms with E-state index in [9.17, 15) is 5.11 Å². The molecule has 1 N–H and O–H groups in total. The largest absolute Gasteiger partial charge is 0.502 e. The molecule has 132 valence electrons. The van der Waals surface area contributed by atoms with Crippen LogP contribution in [0.2, 0.25) is 0 Å². The van der Waals surface area contributed by atoms with E-state index in [2.05, 4.69) is 0 Å². The molecule has 0 atom stereocenters. The molecule has 0 unspecified atom stereocenters. The summed E-state index contributed by atoms with van der Waals surface area (Å²) in [5, 5.41) is 12.2. The zero-order valence-electron chi connectivity index (χ0n) is 15.5. The molecular weight excluding hydrogens is 334 g/mol. The summed E-state index contributed by atoms with van der Waals surface area (Å²) in [6.07, 6.45) is 1.00. The number of rotatable bonds is 2. The lowest BCUT2D eigenvalue weighted by Gasteiger charge is -2.18. The van der Waals surface area contributed by atoms with Crippen molar-refractivity contribution in [3.8, 4) is 40.0 Å². The summed E-state index contributed by atoms with van der Waals surface area (Å²) in [5.74, 6) is 2.46. The van der Waals surface area contributed by atoms with E-state index in [1.807, 2.05) is 16.7 Å². The molecule has 0 saturated carbocycles. The van der Waals surface area contributed by atoms with Crippen LogP contribution >= 0.6 is 0 Å². The third kappa shape index (κ3) is 1.95. The van der Waals surface area contributed by atoms with E-state index in [-0.39, 0.29) is 18.7 Å². The Morgan fingerprint density at radius 1 is 1.12 bits per heavy atom. The van der Waals surface area contributed by atoms with Gasteiger partial charge in [-0.05, 0) is 29.8 Å². The molecule has 26 heavy (non-hydrogen) atoms. The summed E-state index contributed by atoms with van der Waals surface area (Å²) in [6, 6.07) is 7.34. The van der Waals surface area contributed by atoms with Crippen molar-refractivity contribution in [2.75, 3.05) is 21.0 Å². The summed E-state index contributed by atoms with van der Waals surface area (Å²) in [7, 11) is 3.09. The van der Waals surface area contributed by atoms with Crippen molar-refractivity contribution in [1.82, 2.24) is 0 Å². The van der Waals surface area contributed by atoms with Gasteiger partial charge in [-0.2, -0.15) is 4.57 Å². The van der Waals surface area contributed by atoms with Crippen molar-refractivity contribution in [2.45, 2.75) is 13.0 Å². The molecule has 0 bridgehead atoms. The average Bonchev–Trinajstić information content (AvgIpc) is 3.15. The van der Waals surface area contributed by atoms with Crippen LogP contribution in [0.3, 0.4) is 0 Å². The molecular formula is C20H18NO5+. The first-order valence-electron chi connectivity index (χ1n) is 8.87. The molecule has 2 aromatic carbocycles. The third-order valence-electron chi connectivity index (χ3n) is 5.00. The minimum Gasteiger partial charge on any atom is -0.502 e. The number of hydrogen-bond donors (Lipinski definition) is 1. The van der Waals surface area contributed by atoms with Crippen LogP contribution in [0.25, 0.3) is 22.0 Å². The Bertz CT molecular complexity index is 1110. The van der Waals surface area contributed by atoms with Crippen LogP contribution in [0.5, 0.6) is 28.7 Å². The highest BCUT2D eigenvalue weighted by Crippen LogP contribution is 2.45. The van der Waals surface area contributed by atoms with Crippen molar-refractivity contribution in [3.05, 3.63) is 36.0 Å². The van der Waals surface area contributed by atoms with E-state index in [1.54, 1.807) is 19.2 Å². The highest BCUT2D eigenvalue weighted by Gasteiger charge is 2.32. The Balaban J connectivity index is 1.86. The first kappa shape index (κ1) is 14.1. The van der Waals surface area contributed by atoms with Crippen LogP contribution in [-0.2, 0) is 13.0 Å². The molecule has 2 aliphatic rings. The number of fused-ring (bicyclic) bond motifs is 5. The second kappa shape index (κ2) is 5.42. The zero-order chi connectivity index (χ0) is 18.7. The van der Waals surface area contributed by atoms with Crippen molar-refractivity contribution >= 4 is 10.8 Å². The number of aryl methyl sites for hydroxylation is 1. The number of ether oxygens (including phenoxy) is 4. The quantitative estimate of drug-likeness (QED) is 0.718. The van der Waals surface area contributed by atoms with E-state index >= 15 is 0 Å². The summed E-state index contributed by atoms with van der Waals surface area (Å²) < 4.78 is 32.4. The molecule has 6 nitrogen and oxygen atoms in total. The molecule has 0 spiro atoms. The first-order chi connectivity index (χ1) is 13.1. The fraction of sp³-hybridized carbons (Fsp3) is 0.250. The normalized spacial score (nSPS) is 14.6. The standard InChI is InChI=1S/C20H17NO5/c1-23-15-4-3-12-14(20(15)24-2)9-21-6-5-11-7-16-17(26-10-25-16)8-13(11)18(21)19(12)22/h3-4,7-9H,5-6,10H2,1-2H3/p+1/i9D. The minimum atomic E-state index is 0.113. The van der Waals surface area contributed by atoms with Gasteiger partial charge in [0.25, 0.3) is 5.69 Å². The maximum Gasteiger partial charge on any atom is 0.255 e. The maximum atomic E-state index is 11.1. The van der Waals surface area contributed by atoms with Gasteiger partial charge < -0.3 is 24.1 Å². The molecule has 3 heterocycles. The second-order valence-corrected chi connectivity index (χ2v) is 6.30. The van der Waals surface area contributed by atoms with Gasteiger partial charge >= 0.3 is 0 Å². The van der Waals surface area contributed by atoms with Crippen LogP contribution in [-0.4, -0.2) is 26.1 Å². The van der Waals surface area contributed by atoms with Gasteiger partial charge in [0.2, 0.25) is 6.79 Å². The molecule has 1 aromatic heterocycles. The van der Waals surface area contributed by atoms with E-state index in [0.29, 0.717) is 40.3 Å². The molecule has 3 aromatic rings. The topological polar surface area (TPSA) is 61.0 Å². The molecule has 6 heteroatoms. The molecule has 5 rings (SSSR count). The number of benzene rings is 2. The minimum absolute atomic E-state index is 0.113. The fourth-order valence-electron chi connectivity index (χ4n) is 3.77. The number of aromatic nitrogens is 1. The average molecular weight is 353 g/mol. The summed E-state index contributed by atoms with van der Waals surface area (Å²) in [4.78, 5) is 0. The zero-order valence-corrected chi connectivity index (χ0v) is 14.5. The SMILES string of the molecule is [2H]c1c2c(OC)c(OC)ccc2c(O)c2[n+]1CCc1cc3c(cc1-2)OCO3. The lowest BCUT2D eigenvalue weighted by Crippen LogP contribution is -2.40. The molecule has 0 amide bonds. The molecule has 0 aliphatic carbocycles. The number of hydrogen-bond acceptors (Lipinski definition) is 5. The van der Waals surface area contributed by atoms with Gasteiger partial charge in [0.05, 0.1) is 25.2 Å². The van der Waals surface area contributed by atoms with Gasteiger partial charge in [0, 0.05) is 11.8 Å². The maximum absolute atomic E-state index is 11.1. The predicted molar refractivity (Wildman–Crippen MR) is 94.2 cm³/mol. The Hall–Kier alpha value is -3.15. The van der Waals surface area contributed by atoms with Crippen molar-refractivity contribution in [2.24, 2.45) is 0 Å². The lowest BCUT2D eigenvalue weighted by atomic mass is 9.94. The van der Waals surface area contributed by atoms with Gasteiger partial charge in [0.1, 0.15) is 1.37 Å². The van der Waals surface area contributed by atoms with Crippen molar-refractivity contribution < 1.29 is 30.0 Å². The van der Waals surface area contributed by atoms with E-state index in [0.717, 1.165) is 23.3 Å². The molecule has 2 aliphatic heterocycles. The molecule has 0 saturated heterocycles. The molecule has 0 radical (unpaired) electrons. The van der Waals surface area contributed by atoms with E-state index in [4.69, 9.17) is 20.3 Å². The monoisotopic (exact) mass is 353 g/mol. The Morgan fingerprint density at radius 3 is 2.69 bits per heavy atom. The summed E-state index contributed by atoms with van der Waals surface area (Å²) in [5.41, 5.74) is 2.53. The highest BCUT2D eigenvalue weighted by molar-refractivity contribution is 5.97. The van der Waals surface area contributed by atoms with Crippen LogP contribution < -0.4 is 23.5 Å². The van der Waals surface area contributed by atoms with Crippen LogP contribution in [0.1, 0.15) is 6.93 Å². The number of pyridine rings is 1. The van der Waals surface area contributed by atoms with Crippen molar-refractivity contribution in [1.29, 1.82) is 0 Å². The number of aromatic hydroxyl groups is 1. The smallest absolute Gasteiger partial charge is 0.255 e. The van der Waals surface area contributed by atoms with Gasteiger partial charge in [-0.3, -0.25) is 0 Å². The van der Waals surface area contributed by atoms with E-state index < -0.39 is 0 Å². The Morgan fingerprint density at radius 2 is 1.92 bits per heavy atom. The first-order valence-corrected chi connectivity index (χ1v) is 8.37. The van der Waals surface area contributed by atoms with Crippen molar-refractivity contribution in [3.63, 3.8) is 0 Å². The molecule has 0 fully saturated rings. The predicted octanol–water partition coefficient (Wildman–Crippen LogP) is 2.80. The van der Waals surface area contributed by atoms with Gasteiger partial charge in [-0.25, -0.2) is 0 Å². The van der Waals surface area contributed by atoms with Crippen LogP contribution in [0, 0.1) is 0 Å². The summed E-state index contributed by atoms with van der Waals surface area (Å²) >= 11 is 0. The Kier molecular flexibility index (Phi) is 2.93. The van der Waals surface area contributed by atoms with Crippen LogP contribution in [0.4, 0.5) is 0 Å². The number of methoxy groups -OCH3 is 2. The fourth-order valence-corrected chi connectivity index (χ4v) is 3.77. The highest BCUT2D eigenvalue weighted by atomic mass is 16.7. The third-order valence-corrected chi connectivity index (χ3v) is 5.00. The Labute approximate surface area is 151 Å². The van der Waals surface area contributed by atoms with Gasteiger partial charge in [0.15, 0.2) is 41.5 Å². The second-order valence-electron chi connectivity index (χ2n) is 6.30. The summed E-state index contributed by atoms with van der Waals surface area (Å²) in [6.45, 7) is 0.771. The lowest BCUT2D eigenvalue weighted by molar-refractivity contribution is -0.686.